The molecule has 1 aliphatic heterocycles. The van der Waals surface area contributed by atoms with Crippen LogP contribution >= 0.6 is 0 Å². The van der Waals surface area contributed by atoms with Gasteiger partial charge in [0.05, 0.1) is 29.7 Å². The van der Waals surface area contributed by atoms with Crippen LogP contribution in [0.15, 0.2) is 71.6 Å². The Bertz CT molecular complexity index is 1640. The second kappa shape index (κ2) is 13.7. The van der Waals surface area contributed by atoms with Crippen molar-refractivity contribution in [2.45, 2.75) is 38.1 Å². The molecule has 0 radical (unpaired) electrons. The number of hydrogen-bond acceptors (Lipinski definition) is 8. The summed E-state index contributed by atoms with van der Waals surface area (Å²) in [5.41, 5.74) is 1.97. The van der Waals surface area contributed by atoms with Gasteiger partial charge in [-0.2, -0.15) is 4.31 Å². The van der Waals surface area contributed by atoms with Gasteiger partial charge in [-0.1, -0.05) is 18.2 Å². The zero-order chi connectivity index (χ0) is 30.4. The van der Waals surface area contributed by atoms with E-state index in [1.54, 1.807) is 0 Å². The molecule has 5 rings (SSSR count). The van der Waals surface area contributed by atoms with Crippen LogP contribution in [0.3, 0.4) is 0 Å². The molecule has 43 heavy (non-hydrogen) atoms. The maximum absolute atomic E-state index is 13.3. The number of piperazine rings is 1. The number of ether oxygens (including phenoxy) is 2. The summed E-state index contributed by atoms with van der Waals surface area (Å²) in [6.45, 7) is 9.47. The van der Waals surface area contributed by atoms with Crippen LogP contribution in [0.2, 0.25) is 0 Å². The van der Waals surface area contributed by atoms with Gasteiger partial charge in [-0.3, -0.25) is 4.90 Å². The van der Waals surface area contributed by atoms with Crippen molar-refractivity contribution in [2.24, 2.45) is 0 Å². The lowest BCUT2D eigenvalue weighted by Crippen LogP contribution is -2.49. The predicted molar refractivity (Wildman–Crippen MR) is 166 cm³/mol. The van der Waals surface area contributed by atoms with Crippen molar-refractivity contribution in [3.05, 3.63) is 83.9 Å². The molecule has 1 N–H and O–H groups in total. The van der Waals surface area contributed by atoms with Crippen LogP contribution in [0.5, 0.6) is 11.5 Å². The minimum Gasteiger partial charge on any atom is -0.490 e. The number of aromatic nitrogens is 2. The highest BCUT2D eigenvalue weighted by Crippen LogP contribution is 2.30. The molecule has 0 amide bonds. The second-order valence-electron chi connectivity index (χ2n) is 10.3. The van der Waals surface area contributed by atoms with E-state index >= 15 is 0 Å². The van der Waals surface area contributed by atoms with Crippen LogP contribution in [0, 0.1) is 5.82 Å². The molecule has 228 valence electrons. The van der Waals surface area contributed by atoms with Gasteiger partial charge in [0.15, 0.2) is 11.5 Å². The van der Waals surface area contributed by atoms with Crippen LogP contribution in [0.4, 0.5) is 10.2 Å². The molecule has 3 aromatic carbocycles. The highest BCUT2D eigenvalue weighted by molar-refractivity contribution is 7.89. The SMILES string of the molecule is CCOc1ccc(CCNc2nc([C@@H](C)N3CCN(S(=O)(=O)c4ccc(F)cc4)CC3)nc3ccccc23)cc1OCC. The molecule has 0 spiro atoms. The molecule has 1 atom stereocenters. The Morgan fingerprint density at radius 3 is 2.33 bits per heavy atom. The van der Waals surface area contributed by atoms with E-state index in [0.29, 0.717) is 51.8 Å². The Balaban J connectivity index is 1.27. The summed E-state index contributed by atoms with van der Waals surface area (Å²) < 4.78 is 52.4. The summed E-state index contributed by atoms with van der Waals surface area (Å²) in [6.07, 6.45) is 0.764. The van der Waals surface area contributed by atoms with Crippen LogP contribution in [-0.4, -0.2) is 73.5 Å². The van der Waals surface area contributed by atoms with E-state index in [-0.39, 0.29) is 10.9 Å². The average Bonchev–Trinajstić information content (AvgIpc) is 3.02. The molecule has 9 nitrogen and oxygen atoms in total. The predicted octanol–water partition coefficient (Wildman–Crippen LogP) is 5.29. The Morgan fingerprint density at radius 2 is 1.60 bits per heavy atom. The van der Waals surface area contributed by atoms with Gasteiger partial charge in [0.2, 0.25) is 10.0 Å². The first-order chi connectivity index (χ1) is 20.8. The zero-order valence-electron chi connectivity index (χ0n) is 24.8. The van der Waals surface area contributed by atoms with Crippen molar-refractivity contribution in [1.29, 1.82) is 0 Å². The van der Waals surface area contributed by atoms with Crippen LogP contribution < -0.4 is 14.8 Å². The lowest BCUT2D eigenvalue weighted by molar-refractivity contribution is 0.141. The highest BCUT2D eigenvalue weighted by atomic mass is 32.2. The third kappa shape index (κ3) is 7.06. The number of anilines is 1. The van der Waals surface area contributed by atoms with Crippen LogP contribution in [0.1, 0.15) is 38.2 Å². The molecule has 0 saturated carbocycles. The minimum absolute atomic E-state index is 0.100. The van der Waals surface area contributed by atoms with Crippen molar-refractivity contribution >= 4 is 26.7 Å². The summed E-state index contributed by atoms with van der Waals surface area (Å²) in [5.74, 6) is 2.47. The lowest BCUT2D eigenvalue weighted by atomic mass is 10.1. The minimum atomic E-state index is -3.69. The average molecular weight is 608 g/mol. The first-order valence-electron chi connectivity index (χ1n) is 14.7. The molecule has 4 aromatic rings. The van der Waals surface area contributed by atoms with E-state index in [1.807, 2.05) is 57.2 Å². The standard InChI is InChI=1S/C32H38FN5O4S/c1-4-41-29-15-10-24(22-30(29)42-5-2)16-17-34-32-27-8-6-7-9-28(27)35-31(36-32)23(3)37-18-20-38(21-19-37)43(39,40)26-13-11-25(33)12-14-26/h6-15,22-23H,4-5,16-21H2,1-3H3,(H,34,35,36)/t23-/m1/s1. The number of benzene rings is 3. The molecule has 11 heteroatoms. The normalized spacial score (nSPS) is 15.3. The first kappa shape index (κ1) is 30.7. The van der Waals surface area contributed by atoms with Gasteiger partial charge in [0.1, 0.15) is 17.5 Å². The summed E-state index contributed by atoms with van der Waals surface area (Å²) in [6, 6.07) is 18.8. The Labute approximate surface area is 252 Å². The van der Waals surface area contributed by atoms with E-state index in [4.69, 9.17) is 19.4 Å². The highest BCUT2D eigenvalue weighted by Gasteiger charge is 2.31. The van der Waals surface area contributed by atoms with E-state index in [1.165, 1.54) is 28.6 Å². The molecular weight excluding hydrogens is 569 g/mol. The summed E-state index contributed by atoms with van der Waals surface area (Å²) in [5, 5.41) is 4.46. The van der Waals surface area contributed by atoms with Crippen molar-refractivity contribution < 1.29 is 22.3 Å². The molecule has 0 unspecified atom stereocenters. The fourth-order valence-corrected chi connectivity index (χ4v) is 6.66. The molecular formula is C32H38FN5O4S. The Kier molecular flexibility index (Phi) is 9.74. The van der Waals surface area contributed by atoms with Gasteiger partial charge in [0.25, 0.3) is 0 Å². The molecule has 1 aromatic heterocycles. The second-order valence-corrected chi connectivity index (χ2v) is 12.3. The van der Waals surface area contributed by atoms with Crippen molar-refractivity contribution in [2.75, 3.05) is 51.3 Å². The topological polar surface area (TPSA) is 96.9 Å². The number of fused-ring (bicyclic) bond motifs is 1. The van der Waals surface area contributed by atoms with Crippen LogP contribution in [-0.2, 0) is 16.4 Å². The zero-order valence-corrected chi connectivity index (χ0v) is 25.6. The third-order valence-electron chi connectivity index (χ3n) is 7.58. The van der Waals surface area contributed by atoms with Gasteiger partial charge >= 0.3 is 0 Å². The number of sulfonamides is 1. The number of para-hydroxylation sites is 1. The first-order valence-corrected chi connectivity index (χ1v) is 16.1. The number of hydrogen-bond donors (Lipinski definition) is 1. The molecule has 2 heterocycles. The maximum atomic E-state index is 13.3. The van der Waals surface area contributed by atoms with Gasteiger partial charge < -0.3 is 14.8 Å². The van der Waals surface area contributed by atoms with Gasteiger partial charge in [0, 0.05) is 38.1 Å². The van der Waals surface area contributed by atoms with E-state index in [2.05, 4.69) is 16.3 Å². The summed E-state index contributed by atoms with van der Waals surface area (Å²) in [7, 11) is -3.69. The smallest absolute Gasteiger partial charge is 0.243 e. The molecule has 0 aliphatic carbocycles. The van der Waals surface area contributed by atoms with Crippen molar-refractivity contribution in [3.8, 4) is 11.5 Å². The summed E-state index contributed by atoms with van der Waals surface area (Å²) in [4.78, 5) is 12.1. The van der Waals surface area contributed by atoms with Gasteiger partial charge in [-0.25, -0.2) is 22.8 Å². The third-order valence-corrected chi connectivity index (χ3v) is 9.49. The van der Waals surface area contributed by atoms with E-state index in [9.17, 15) is 12.8 Å². The van der Waals surface area contributed by atoms with Crippen molar-refractivity contribution in [3.63, 3.8) is 0 Å². The van der Waals surface area contributed by atoms with Crippen LogP contribution in [0.25, 0.3) is 10.9 Å². The Hall–Kier alpha value is -3.80. The van der Waals surface area contributed by atoms with E-state index in [0.717, 1.165) is 40.2 Å². The molecule has 1 aliphatic rings. The fourth-order valence-electron chi connectivity index (χ4n) is 5.24. The number of halogens is 1. The number of nitrogens with zero attached hydrogens (tertiary/aromatic N) is 4. The lowest BCUT2D eigenvalue weighted by Gasteiger charge is -2.36. The largest absolute Gasteiger partial charge is 0.490 e. The maximum Gasteiger partial charge on any atom is 0.243 e. The Morgan fingerprint density at radius 1 is 0.907 bits per heavy atom. The van der Waals surface area contributed by atoms with Gasteiger partial charge in [-0.05, 0) is 81.3 Å². The number of rotatable bonds is 12. The monoisotopic (exact) mass is 607 g/mol. The molecule has 1 saturated heterocycles. The van der Waals surface area contributed by atoms with Gasteiger partial charge in [-0.15, -0.1) is 0 Å². The fraction of sp³-hybridized carbons (Fsp3) is 0.375. The van der Waals surface area contributed by atoms with E-state index < -0.39 is 15.8 Å². The molecule has 1 fully saturated rings. The number of nitrogens with one attached hydrogen (secondary N) is 1. The summed E-state index contributed by atoms with van der Waals surface area (Å²) >= 11 is 0. The van der Waals surface area contributed by atoms with Crippen molar-refractivity contribution in [1.82, 2.24) is 19.2 Å². The quantitative estimate of drug-likeness (QED) is 0.232. The molecule has 0 bridgehead atoms.